The number of nitrogens with one attached hydrogen (secondary N) is 2. The van der Waals surface area contributed by atoms with Gasteiger partial charge in [-0.05, 0) is 24.6 Å². The standard InChI is InChI=1S/C12H17N3O3/c1-3-6-14-12(17)15-9-7-8(11(13)16)4-5-10(9)18-2/h4-5,7H,3,6H2,1-2H3,(H2,13,16)(H2,14,15,17). The minimum Gasteiger partial charge on any atom is -0.495 e. The van der Waals surface area contributed by atoms with Crippen LogP contribution in [0.2, 0.25) is 0 Å². The lowest BCUT2D eigenvalue weighted by Gasteiger charge is -2.11. The average Bonchev–Trinajstić information content (AvgIpc) is 2.36. The molecule has 0 aliphatic rings. The second-order valence-corrected chi connectivity index (χ2v) is 3.66. The number of anilines is 1. The van der Waals surface area contributed by atoms with Crippen molar-refractivity contribution in [2.24, 2.45) is 5.73 Å². The summed E-state index contributed by atoms with van der Waals surface area (Å²) in [5.41, 5.74) is 5.89. The second kappa shape index (κ2) is 6.48. The summed E-state index contributed by atoms with van der Waals surface area (Å²) in [4.78, 5) is 22.6. The highest BCUT2D eigenvalue weighted by molar-refractivity contribution is 5.97. The van der Waals surface area contributed by atoms with Crippen LogP contribution in [0.3, 0.4) is 0 Å². The number of primary amides is 1. The van der Waals surface area contributed by atoms with E-state index in [1.807, 2.05) is 6.92 Å². The quantitative estimate of drug-likeness (QED) is 0.736. The number of amides is 3. The second-order valence-electron chi connectivity index (χ2n) is 3.66. The van der Waals surface area contributed by atoms with Crippen molar-refractivity contribution in [2.45, 2.75) is 13.3 Å². The maximum Gasteiger partial charge on any atom is 0.319 e. The van der Waals surface area contributed by atoms with Gasteiger partial charge in [0.1, 0.15) is 5.75 Å². The highest BCUT2D eigenvalue weighted by Gasteiger charge is 2.10. The van der Waals surface area contributed by atoms with Gasteiger partial charge in [-0.2, -0.15) is 0 Å². The smallest absolute Gasteiger partial charge is 0.319 e. The van der Waals surface area contributed by atoms with Crippen molar-refractivity contribution in [1.82, 2.24) is 5.32 Å². The molecule has 1 aromatic carbocycles. The largest absolute Gasteiger partial charge is 0.495 e. The molecule has 0 spiro atoms. The monoisotopic (exact) mass is 251 g/mol. The van der Waals surface area contributed by atoms with Crippen molar-refractivity contribution in [1.29, 1.82) is 0 Å². The number of rotatable bonds is 5. The van der Waals surface area contributed by atoms with Gasteiger partial charge in [-0.15, -0.1) is 0 Å². The molecule has 3 amide bonds. The molecule has 0 saturated heterocycles. The van der Waals surface area contributed by atoms with Crippen LogP contribution in [-0.2, 0) is 0 Å². The number of urea groups is 1. The molecule has 18 heavy (non-hydrogen) atoms. The lowest BCUT2D eigenvalue weighted by molar-refractivity contribution is 0.1000. The van der Waals surface area contributed by atoms with Crippen molar-refractivity contribution in [3.05, 3.63) is 23.8 Å². The van der Waals surface area contributed by atoms with Gasteiger partial charge in [0.25, 0.3) is 0 Å². The third-order valence-corrected chi connectivity index (χ3v) is 2.27. The van der Waals surface area contributed by atoms with Gasteiger partial charge in [-0.1, -0.05) is 6.92 Å². The minimum absolute atomic E-state index is 0.307. The predicted octanol–water partition coefficient (Wildman–Crippen LogP) is 1.33. The Morgan fingerprint density at radius 2 is 2.11 bits per heavy atom. The molecule has 98 valence electrons. The molecule has 6 heteroatoms. The average molecular weight is 251 g/mol. The first kappa shape index (κ1) is 13.8. The third-order valence-electron chi connectivity index (χ3n) is 2.27. The summed E-state index contributed by atoms with van der Waals surface area (Å²) in [6.07, 6.45) is 0.839. The fraction of sp³-hybridized carbons (Fsp3) is 0.333. The number of carbonyl (C=O) groups excluding carboxylic acids is 2. The SMILES string of the molecule is CCCNC(=O)Nc1cc(C(N)=O)ccc1OC. The number of benzene rings is 1. The van der Waals surface area contributed by atoms with E-state index in [-0.39, 0.29) is 6.03 Å². The van der Waals surface area contributed by atoms with Crippen molar-refractivity contribution >= 4 is 17.6 Å². The maximum atomic E-state index is 11.5. The molecule has 4 N–H and O–H groups in total. The summed E-state index contributed by atoms with van der Waals surface area (Å²) in [6.45, 7) is 2.53. The number of nitrogens with two attached hydrogens (primary N) is 1. The van der Waals surface area contributed by atoms with E-state index in [0.29, 0.717) is 23.5 Å². The number of ether oxygens (including phenoxy) is 1. The molecule has 0 aromatic heterocycles. The molecule has 0 aliphatic carbocycles. The summed E-state index contributed by atoms with van der Waals surface area (Å²) < 4.78 is 5.09. The Bertz CT molecular complexity index is 446. The molecular weight excluding hydrogens is 234 g/mol. The van der Waals surface area contributed by atoms with Gasteiger partial charge in [0, 0.05) is 12.1 Å². The Morgan fingerprint density at radius 3 is 2.67 bits per heavy atom. The molecule has 0 heterocycles. The summed E-state index contributed by atoms with van der Waals surface area (Å²) in [5.74, 6) is -0.0960. The van der Waals surface area contributed by atoms with Crippen molar-refractivity contribution < 1.29 is 14.3 Å². The molecular formula is C12H17N3O3. The normalized spacial score (nSPS) is 9.67. The van der Waals surface area contributed by atoms with E-state index < -0.39 is 5.91 Å². The van der Waals surface area contributed by atoms with Gasteiger partial charge in [-0.25, -0.2) is 4.79 Å². The zero-order valence-electron chi connectivity index (χ0n) is 10.4. The Kier molecular flexibility index (Phi) is 4.98. The van der Waals surface area contributed by atoms with Crippen LogP contribution in [0.25, 0.3) is 0 Å². The highest BCUT2D eigenvalue weighted by atomic mass is 16.5. The van der Waals surface area contributed by atoms with Crippen LogP contribution in [0.5, 0.6) is 5.75 Å². The van der Waals surface area contributed by atoms with Crippen LogP contribution >= 0.6 is 0 Å². The number of hydrogen-bond donors (Lipinski definition) is 3. The molecule has 0 unspecified atom stereocenters. The molecule has 6 nitrogen and oxygen atoms in total. The van der Waals surface area contributed by atoms with Crippen LogP contribution in [-0.4, -0.2) is 25.6 Å². The Labute approximate surface area is 105 Å². The van der Waals surface area contributed by atoms with E-state index in [4.69, 9.17) is 10.5 Å². The van der Waals surface area contributed by atoms with Gasteiger partial charge in [0.15, 0.2) is 0 Å². The molecule has 0 radical (unpaired) electrons. The topological polar surface area (TPSA) is 93.5 Å². The van der Waals surface area contributed by atoms with Gasteiger partial charge in [0.2, 0.25) is 5.91 Å². The van der Waals surface area contributed by atoms with Crippen molar-refractivity contribution in [2.75, 3.05) is 19.0 Å². The van der Waals surface area contributed by atoms with Gasteiger partial charge >= 0.3 is 6.03 Å². The van der Waals surface area contributed by atoms with Crippen LogP contribution in [0.4, 0.5) is 10.5 Å². The van der Waals surface area contributed by atoms with Gasteiger partial charge in [-0.3, -0.25) is 4.79 Å². The third kappa shape index (κ3) is 3.65. The first-order valence-corrected chi connectivity index (χ1v) is 5.61. The fourth-order valence-electron chi connectivity index (χ4n) is 1.36. The summed E-state index contributed by atoms with van der Waals surface area (Å²) in [7, 11) is 1.48. The van der Waals surface area contributed by atoms with Gasteiger partial charge in [0.05, 0.1) is 12.8 Å². The summed E-state index contributed by atoms with van der Waals surface area (Å²) >= 11 is 0. The number of carbonyl (C=O) groups is 2. The lowest BCUT2D eigenvalue weighted by atomic mass is 10.2. The molecule has 0 aliphatic heterocycles. The van der Waals surface area contributed by atoms with E-state index in [9.17, 15) is 9.59 Å². The number of methoxy groups -OCH3 is 1. The van der Waals surface area contributed by atoms with Crippen molar-refractivity contribution in [3.63, 3.8) is 0 Å². The maximum absolute atomic E-state index is 11.5. The predicted molar refractivity (Wildman–Crippen MR) is 68.8 cm³/mol. The summed E-state index contributed by atoms with van der Waals surface area (Å²) in [5, 5.41) is 5.27. The molecule has 0 atom stereocenters. The van der Waals surface area contributed by atoms with E-state index in [1.165, 1.54) is 19.2 Å². The molecule has 0 bridgehead atoms. The van der Waals surface area contributed by atoms with Crippen LogP contribution in [0.1, 0.15) is 23.7 Å². The zero-order chi connectivity index (χ0) is 13.5. The highest BCUT2D eigenvalue weighted by Crippen LogP contribution is 2.25. The molecule has 1 rings (SSSR count). The van der Waals surface area contributed by atoms with Crippen LogP contribution < -0.4 is 21.1 Å². The van der Waals surface area contributed by atoms with Gasteiger partial charge < -0.3 is 21.1 Å². The Balaban J connectivity index is 2.87. The van der Waals surface area contributed by atoms with Crippen LogP contribution in [0, 0.1) is 0 Å². The minimum atomic E-state index is -0.560. The Hall–Kier alpha value is -2.24. The van der Waals surface area contributed by atoms with E-state index in [1.54, 1.807) is 6.07 Å². The van der Waals surface area contributed by atoms with E-state index in [0.717, 1.165) is 6.42 Å². The summed E-state index contributed by atoms with van der Waals surface area (Å²) in [6, 6.07) is 4.25. The van der Waals surface area contributed by atoms with E-state index in [2.05, 4.69) is 10.6 Å². The van der Waals surface area contributed by atoms with Crippen LogP contribution in [0.15, 0.2) is 18.2 Å². The first-order valence-electron chi connectivity index (χ1n) is 5.61. The zero-order valence-corrected chi connectivity index (χ0v) is 10.4. The fourth-order valence-corrected chi connectivity index (χ4v) is 1.36. The van der Waals surface area contributed by atoms with E-state index >= 15 is 0 Å². The van der Waals surface area contributed by atoms with Crippen molar-refractivity contribution in [3.8, 4) is 5.75 Å². The Morgan fingerprint density at radius 1 is 1.39 bits per heavy atom. The first-order chi connectivity index (χ1) is 8.58. The molecule has 1 aromatic rings. The number of hydrogen-bond acceptors (Lipinski definition) is 3. The molecule has 0 fully saturated rings. The molecule has 0 saturated carbocycles. The lowest BCUT2D eigenvalue weighted by Crippen LogP contribution is -2.29.